The lowest BCUT2D eigenvalue weighted by Crippen LogP contribution is -2.30. The van der Waals surface area contributed by atoms with Crippen molar-refractivity contribution in [3.05, 3.63) is 0 Å². The standard InChI is InChI=1S/C12H27NO2/c1-10(2)5-6-11(3)13-8-7-12(14)9-15-4/h10-14H,5-9H2,1-4H3. The van der Waals surface area contributed by atoms with Crippen molar-refractivity contribution in [3.63, 3.8) is 0 Å². The number of hydrogen-bond donors (Lipinski definition) is 2. The van der Waals surface area contributed by atoms with Crippen molar-refractivity contribution in [2.45, 2.75) is 52.2 Å². The van der Waals surface area contributed by atoms with Crippen LogP contribution < -0.4 is 5.32 Å². The summed E-state index contributed by atoms with van der Waals surface area (Å²) < 4.78 is 4.86. The van der Waals surface area contributed by atoms with Crippen LogP contribution in [0.5, 0.6) is 0 Å². The van der Waals surface area contributed by atoms with Crippen LogP contribution in [0.3, 0.4) is 0 Å². The molecule has 0 fully saturated rings. The molecule has 0 saturated heterocycles. The fourth-order valence-electron chi connectivity index (χ4n) is 1.46. The highest BCUT2D eigenvalue weighted by molar-refractivity contribution is 4.64. The number of rotatable bonds is 9. The Hall–Kier alpha value is -0.120. The summed E-state index contributed by atoms with van der Waals surface area (Å²) in [6, 6.07) is 0.544. The van der Waals surface area contributed by atoms with Gasteiger partial charge in [0.05, 0.1) is 12.7 Å². The van der Waals surface area contributed by atoms with E-state index in [0.717, 1.165) is 18.9 Å². The average molecular weight is 217 g/mol. The number of aliphatic hydroxyl groups excluding tert-OH is 1. The maximum atomic E-state index is 9.42. The predicted molar refractivity (Wildman–Crippen MR) is 64.0 cm³/mol. The van der Waals surface area contributed by atoms with Gasteiger partial charge in [-0.05, 0) is 38.6 Å². The van der Waals surface area contributed by atoms with Crippen LogP contribution in [0.15, 0.2) is 0 Å². The van der Waals surface area contributed by atoms with Gasteiger partial charge in [-0.3, -0.25) is 0 Å². The highest BCUT2D eigenvalue weighted by Gasteiger charge is 2.05. The normalized spacial score (nSPS) is 15.6. The molecule has 0 aliphatic rings. The molecule has 3 heteroatoms. The van der Waals surface area contributed by atoms with Crippen molar-refractivity contribution in [1.82, 2.24) is 5.32 Å². The topological polar surface area (TPSA) is 41.5 Å². The molecule has 0 aromatic rings. The van der Waals surface area contributed by atoms with E-state index in [-0.39, 0.29) is 6.10 Å². The minimum Gasteiger partial charge on any atom is -0.391 e. The van der Waals surface area contributed by atoms with Gasteiger partial charge in [-0.2, -0.15) is 0 Å². The Labute approximate surface area is 94.2 Å². The van der Waals surface area contributed by atoms with Crippen LogP contribution in [0.4, 0.5) is 0 Å². The summed E-state index contributed by atoms with van der Waals surface area (Å²) in [6.45, 7) is 7.99. The third kappa shape index (κ3) is 10.2. The zero-order chi connectivity index (χ0) is 11.7. The molecular weight excluding hydrogens is 190 g/mol. The summed E-state index contributed by atoms with van der Waals surface area (Å²) >= 11 is 0. The smallest absolute Gasteiger partial charge is 0.0785 e. The number of aliphatic hydroxyl groups is 1. The minimum absolute atomic E-state index is 0.334. The first-order valence-electron chi connectivity index (χ1n) is 5.96. The van der Waals surface area contributed by atoms with Crippen LogP contribution in [0.1, 0.15) is 40.0 Å². The first-order chi connectivity index (χ1) is 7.06. The zero-order valence-electron chi connectivity index (χ0n) is 10.6. The Balaban J connectivity index is 3.34. The Bertz CT molecular complexity index is 140. The molecule has 2 atom stereocenters. The van der Waals surface area contributed by atoms with Crippen LogP contribution in [0.2, 0.25) is 0 Å². The zero-order valence-corrected chi connectivity index (χ0v) is 10.6. The van der Waals surface area contributed by atoms with E-state index in [1.165, 1.54) is 12.8 Å². The highest BCUT2D eigenvalue weighted by Crippen LogP contribution is 2.06. The molecule has 0 aliphatic carbocycles. The van der Waals surface area contributed by atoms with E-state index in [1.54, 1.807) is 7.11 Å². The number of nitrogens with one attached hydrogen (secondary N) is 1. The fourth-order valence-corrected chi connectivity index (χ4v) is 1.46. The van der Waals surface area contributed by atoms with Gasteiger partial charge in [0, 0.05) is 13.2 Å². The maximum absolute atomic E-state index is 9.42. The van der Waals surface area contributed by atoms with Gasteiger partial charge in [0.2, 0.25) is 0 Å². The van der Waals surface area contributed by atoms with Crippen LogP contribution in [0, 0.1) is 5.92 Å². The van der Waals surface area contributed by atoms with E-state index < -0.39 is 0 Å². The molecule has 3 nitrogen and oxygen atoms in total. The van der Waals surface area contributed by atoms with Crippen LogP contribution in [0.25, 0.3) is 0 Å². The fraction of sp³-hybridized carbons (Fsp3) is 1.00. The quantitative estimate of drug-likeness (QED) is 0.619. The van der Waals surface area contributed by atoms with Crippen molar-refractivity contribution < 1.29 is 9.84 Å². The van der Waals surface area contributed by atoms with Crippen LogP contribution in [-0.2, 0) is 4.74 Å². The molecule has 2 unspecified atom stereocenters. The van der Waals surface area contributed by atoms with Gasteiger partial charge in [-0.1, -0.05) is 13.8 Å². The van der Waals surface area contributed by atoms with E-state index in [4.69, 9.17) is 4.74 Å². The third-order valence-corrected chi connectivity index (χ3v) is 2.51. The Morgan fingerprint density at radius 3 is 2.33 bits per heavy atom. The van der Waals surface area contributed by atoms with Gasteiger partial charge in [0.25, 0.3) is 0 Å². The van der Waals surface area contributed by atoms with Gasteiger partial charge < -0.3 is 15.2 Å². The Morgan fingerprint density at radius 1 is 1.13 bits per heavy atom. The molecule has 0 amide bonds. The van der Waals surface area contributed by atoms with Crippen molar-refractivity contribution in [1.29, 1.82) is 0 Å². The van der Waals surface area contributed by atoms with Gasteiger partial charge in [-0.15, -0.1) is 0 Å². The largest absolute Gasteiger partial charge is 0.391 e. The lowest BCUT2D eigenvalue weighted by atomic mass is 10.0. The number of hydrogen-bond acceptors (Lipinski definition) is 3. The molecule has 0 bridgehead atoms. The lowest BCUT2D eigenvalue weighted by molar-refractivity contribution is 0.0590. The lowest BCUT2D eigenvalue weighted by Gasteiger charge is -2.16. The molecule has 0 aromatic carbocycles. The van der Waals surface area contributed by atoms with Crippen molar-refractivity contribution >= 4 is 0 Å². The second kappa shape index (κ2) is 9.13. The molecule has 0 aliphatic heterocycles. The molecule has 0 spiro atoms. The van der Waals surface area contributed by atoms with E-state index >= 15 is 0 Å². The van der Waals surface area contributed by atoms with E-state index in [0.29, 0.717) is 12.6 Å². The number of methoxy groups -OCH3 is 1. The summed E-state index contributed by atoms with van der Waals surface area (Å²) in [4.78, 5) is 0. The molecule has 0 heterocycles. The summed E-state index contributed by atoms with van der Waals surface area (Å²) in [5.41, 5.74) is 0. The number of ether oxygens (including phenoxy) is 1. The third-order valence-electron chi connectivity index (χ3n) is 2.51. The SMILES string of the molecule is COCC(O)CCNC(C)CCC(C)C. The van der Waals surface area contributed by atoms with Gasteiger partial charge in [0.15, 0.2) is 0 Å². The molecule has 0 saturated carbocycles. The molecule has 15 heavy (non-hydrogen) atoms. The van der Waals surface area contributed by atoms with Gasteiger partial charge in [-0.25, -0.2) is 0 Å². The van der Waals surface area contributed by atoms with Gasteiger partial charge in [0.1, 0.15) is 0 Å². The predicted octanol–water partition coefficient (Wildman–Crippen LogP) is 1.80. The molecular formula is C12H27NO2. The van der Waals surface area contributed by atoms with Crippen LogP contribution >= 0.6 is 0 Å². The second-order valence-corrected chi connectivity index (χ2v) is 4.72. The van der Waals surface area contributed by atoms with Crippen LogP contribution in [-0.4, -0.2) is 37.5 Å². The molecule has 0 rings (SSSR count). The minimum atomic E-state index is -0.334. The van der Waals surface area contributed by atoms with Crippen molar-refractivity contribution in [2.24, 2.45) is 5.92 Å². The summed E-state index contributed by atoms with van der Waals surface area (Å²) in [6.07, 6.45) is 2.90. The van der Waals surface area contributed by atoms with Gasteiger partial charge >= 0.3 is 0 Å². The van der Waals surface area contributed by atoms with Crippen molar-refractivity contribution in [2.75, 3.05) is 20.3 Å². The summed E-state index contributed by atoms with van der Waals surface area (Å²) in [5.74, 6) is 0.772. The highest BCUT2D eigenvalue weighted by atomic mass is 16.5. The molecule has 2 N–H and O–H groups in total. The molecule has 92 valence electrons. The maximum Gasteiger partial charge on any atom is 0.0785 e. The monoisotopic (exact) mass is 217 g/mol. The Morgan fingerprint density at radius 2 is 1.80 bits per heavy atom. The Kier molecular flexibility index (Phi) is 9.06. The van der Waals surface area contributed by atoms with E-state index in [1.807, 2.05) is 0 Å². The van der Waals surface area contributed by atoms with Crippen molar-refractivity contribution in [3.8, 4) is 0 Å². The average Bonchev–Trinajstić information content (AvgIpc) is 2.15. The molecule has 0 aromatic heterocycles. The first-order valence-corrected chi connectivity index (χ1v) is 5.96. The van der Waals surface area contributed by atoms with E-state index in [9.17, 15) is 5.11 Å². The second-order valence-electron chi connectivity index (χ2n) is 4.72. The summed E-state index contributed by atoms with van der Waals surface area (Å²) in [7, 11) is 1.61. The molecule has 0 radical (unpaired) electrons. The van der Waals surface area contributed by atoms with E-state index in [2.05, 4.69) is 26.1 Å². The summed E-state index contributed by atoms with van der Waals surface area (Å²) in [5, 5.41) is 12.8. The first kappa shape index (κ1) is 14.9.